The van der Waals surface area contributed by atoms with E-state index in [1.165, 1.54) is 64.3 Å². The molecular weight excluding hydrogens is 725 g/mol. The zero-order valence-corrected chi connectivity index (χ0v) is 32.1. The topological polar surface area (TPSA) is 32.2 Å². The molecular formula is C54H34N2OS. The van der Waals surface area contributed by atoms with Gasteiger partial charge in [0, 0.05) is 64.1 Å². The highest BCUT2D eigenvalue weighted by atomic mass is 32.1. The molecule has 4 heteroatoms. The molecule has 58 heavy (non-hydrogen) atoms. The van der Waals surface area contributed by atoms with Crippen molar-refractivity contribution in [2.24, 2.45) is 0 Å². The Balaban J connectivity index is 0.978. The summed E-state index contributed by atoms with van der Waals surface area (Å²) in [5.41, 5.74) is 14.7. The minimum absolute atomic E-state index is 0.914. The van der Waals surface area contributed by atoms with Gasteiger partial charge in [-0.1, -0.05) is 133 Å². The fraction of sp³-hybridized carbons (Fsp3) is 0. The van der Waals surface area contributed by atoms with E-state index in [0.29, 0.717) is 0 Å². The van der Waals surface area contributed by atoms with Crippen LogP contribution in [0.2, 0.25) is 0 Å². The van der Waals surface area contributed by atoms with Crippen molar-refractivity contribution in [2.75, 3.05) is 4.90 Å². The molecule has 0 radical (unpaired) electrons. The molecule has 272 valence electrons. The number of aromatic nitrogens is 1. The number of anilines is 3. The zero-order valence-electron chi connectivity index (χ0n) is 31.3. The van der Waals surface area contributed by atoms with Gasteiger partial charge < -0.3 is 14.3 Å². The molecule has 0 unspecified atom stereocenters. The summed E-state index contributed by atoms with van der Waals surface area (Å²) >= 11 is 1.87. The van der Waals surface area contributed by atoms with Gasteiger partial charge >= 0.3 is 0 Å². The number of thiophene rings is 1. The average molecular weight is 759 g/mol. The number of furan rings is 1. The van der Waals surface area contributed by atoms with Crippen molar-refractivity contribution >= 4 is 92.3 Å². The van der Waals surface area contributed by atoms with Crippen molar-refractivity contribution in [3.8, 4) is 33.4 Å². The van der Waals surface area contributed by atoms with Gasteiger partial charge in [-0.3, -0.25) is 0 Å². The van der Waals surface area contributed by atoms with E-state index in [0.717, 1.165) is 50.0 Å². The van der Waals surface area contributed by atoms with Crippen LogP contribution < -0.4 is 4.90 Å². The van der Waals surface area contributed by atoms with Gasteiger partial charge in [-0.15, -0.1) is 11.3 Å². The SMILES string of the molecule is c1ccc(N(c2ccc(-c3cccc4[nH]c5ccccc5c34)cc2)c2ccc(-c3ccc(-c4ccc5oc6ccccc6c5c4)cc3)c3sc4ccccc4c23)cc1. The van der Waals surface area contributed by atoms with Gasteiger partial charge in [-0.05, 0) is 100 Å². The van der Waals surface area contributed by atoms with Crippen LogP contribution in [0.15, 0.2) is 205 Å². The summed E-state index contributed by atoms with van der Waals surface area (Å²) in [7, 11) is 0. The lowest BCUT2D eigenvalue weighted by Crippen LogP contribution is -2.10. The summed E-state index contributed by atoms with van der Waals surface area (Å²) in [5.74, 6) is 0. The second kappa shape index (κ2) is 13.1. The van der Waals surface area contributed by atoms with Crippen molar-refractivity contribution in [3.05, 3.63) is 200 Å². The van der Waals surface area contributed by atoms with E-state index in [1.807, 2.05) is 23.5 Å². The average Bonchev–Trinajstić information content (AvgIpc) is 3.99. The van der Waals surface area contributed by atoms with Gasteiger partial charge in [-0.2, -0.15) is 0 Å². The molecule has 3 heterocycles. The highest BCUT2D eigenvalue weighted by Crippen LogP contribution is 2.49. The number of aromatic amines is 1. The molecule has 0 spiro atoms. The Morgan fingerprint density at radius 1 is 0.397 bits per heavy atom. The lowest BCUT2D eigenvalue weighted by molar-refractivity contribution is 0.669. The summed E-state index contributed by atoms with van der Waals surface area (Å²) in [5, 5.41) is 7.31. The molecule has 0 fully saturated rings. The Morgan fingerprint density at radius 2 is 1.03 bits per heavy atom. The van der Waals surface area contributed by atoms with Gasteiger partial charge in [0.25, 0.3) is 0 Å². The first-order valence-corrected chi connectivity index (χ1v) is 20.5. The second-order valence-electron chi connectivity index (χ2n) is 14.9. The lowest BCUT2D eigenvalue weighted by atomic mass is 9.97. The van der Waals surface area contributed by atoms with E-state index in [9.17, 15) is 0 Å². The molecule has 9 aromatic carbocycles. The van der Waals surface area contributed by atoms with Gasteiger partial charge in [0.1, 0.15) is 11.2 Å². The fourth-order valence-electron chi connectivity index (χ4n) is 8.91. The van der Waals surface area contributed by atoms with Crippen molar-refractivity contribution in [1.82, 2.24) is 4.98 Å². The van der Waals surface area contributed by atoms with E-state index in [2.05, 4.69) is 198 Å². The van der Waals surface area contributed by atoms with Crippen molar-refractivity contribution in [3.63, 3.8) is 0 Å². The van der Waals surface area contributed by atoms with Crippen LogP contribution in [-0.2, 0) is 0 Å². The Hall–Kier alpha value is -7.40. The summed E-state index contributed by atoms with van der Waals surface area (Å²) < 4.78 is 8.67. The van der Waals surface area contributed by atoms with E-state index in [4.69, 9.17) is 4.42 Å². The second-order valence-corrected chi connectivity index (χ2v) is 16.0. The number of nitrogens with zero attached hydrogens (tertiary/aromatic N) is 1. The van der Waals surface area contributed by atoms with E-state index in [1.54, 1.807) is 0 Å². The Morgan fingerprint density at radius 3 is 1.90 bits per heavy atom. The normalized spacial score (nSPS) is 11.8. The Bertz CT molecular complexity index is 3500. The van der Waals surface area contributed by atoms with E-state index in [-0.39, 0.29) is 0 Å². The van der Waals surface area contributed by atoms with Crippen LogP contribution in [0.3, 0.4) is 0 Å². The molecule has 12 rings (SSSR count). The van der Waals surface area contributed by atoms with Crippen LogP contribution in [0.4, 0.5) is 17.1 Å². The first-order valence-electron chi connectivity index (χ1n) is 19.7. The molecule has 0 amide bonds. The number of H-pyrrole nitrogens is 1. The molecule has 0 saturated carbocycles. The monoisotopic (exact) mass is 758 g/mol. The maximum atomic E-state index is 6.11. The number of hydrogen-bond acceptors (Lipinski definition) is 3. The van der Waals surface area contributed by atoms with Gasteiger partial charge in [0.15, 0.2) is 0 Å². The minimum atomic E-state index is 0.914. The summed E-state index contributed by atoms with van der Waals surface area (Å²) in [6.45, 7) is 0. The van der Waals surface area contributed by atoms with Gasteiger partial charge in [0.2, 0.25) is 0 Å². The maximum absolute atomic E-state index is 6.11. The fourth-order valence-corrected chi connectivity index (χ4v) is 10.2. The van der Waals surface area contributed by atoms with E-state index >= 15 is 0 Å². The van der Waals surface area contributed by atoms with Crippen molar-refractivity contribution in [1.29, 1.82) is 0 Å². The number of nitrogens with one attached hydrogen (secondary N) is 1. The third kappa shape index (κ3) is 5.19. The summed E-state index contributed by atoms with van der Waals surface area (Å²) in [6.07, 6.45) is 0. The molecule has 1 N–H and O–H groups in total. The number of fused-ring (bicyclic) bond motifs is 9. The summed E-state index contributed by atoms with van der Waals surface area (Å²) in [4.78, 5) is 6.03. The molecule has 0 saturated heterocycles. The molecule has 0 atom stereocenters. The van der Waals surface area contributed by atoms with Crippen LogP contribution in [0.1, 0.15) is 0 Å². The molecule has 3 aromatic heterocycles. The Labute approximate surface area is 338 Å². The van der Waals surface area contributed by atoms with Gasteiger partial charge in [0.05, 0.1) is 5.69 Å². The van der Waals surface area contributed by atoms with Crippen LogP contribution in [0, 0.1) is 0 Å². The first-order chi connectivity index (χ1) is 28.7. The van der Waals surface area contributed by atoms with Crippen LogP contribution in [0.5, 0.6) is 0 Å². The number of benzene rings is 9. The van der Waals surface area contributed by atoms with Crippen LogP contribution in [0.25, 0.3) is 97.3 Å². The first kappa shape index (κ1) is 32.8. The number of para-hydroxylation sites is 3. The summed E-state index contributed by atoms with van der Waals surface area (Å²) in [6, 6.07) is 72.2. The molecule has 12 aromatic rings. The quantitative estimate of drug-likeness (QED) is 0.183. The molecule has 3 nitrogen and oxygen atoms in total. The molecule has 0 aliphatic carbocycles. The van der Waals surface area contributed by atoms with Crippen LogP contribution >= 0.6 is 11.3 Å². The predicted octanol–water partition coefficient (Wildman–Crippen LogP) is 16.1. The predicted molar refractivity (Wildman–Crippen MR) is 247 cm³/mol. The van der Waals surface area contributed by atoms with Crippen molar-refractivity contribution in [2.45, 2.75) is 0 Å². The highest BCUT2D eigenvalue weighted by Gasteiger charge is 2.21. The number of rotatable bonds is 6. The Kier molecular flexibility index (Phi) is 7.40. The highest BCUT2D eigenvalue weighted by molar-refractivity contribution is 7.26. The standard InChI is InChI=1S/C54H34N2OS/c1-2-11-38(12-3-1)56(39-28-25-35(26-29-39)40-16-10-18-47-52(40)43-14-4-7-17-46(43)55-47)48-31-30-41(54-53(48)44-15-6-9-20-51(44)58-54)36-23-21-34(22-24-36)37-27-32-50-45(33-37)42-13-5-8-19-49(42)57-50/h1-33,55H. The molecule has 0 aliphatic rings. The minimum Gasteiger partial charge on any atom is -0.456 e. The molecule has 0 bridgehead atoms. The zero-order chi connectivity index (χ0) is 38.2. The van der Waals surface area contributed by atoms with Crippen LogP contribution in [-0.4, -0.2) is 4.98 Å². The number of hydrogen-bond donors (Lipinski definition) is 1. The third-order valence-electron chi connectivity index (χ3n) is 11.6. The smallest absolute Gasteiger partial charge is 0.135 e. The van der Waals surface area contributed by atoms with Crippen molar-refractivity contribution < 1.29 is 4.42 Å². The largest absolute Gasteiger partial charge is 0.456 e. The maximum Gasteiger partial charge on any atom is 0.135 e. The van der Waals surface area contributed by atoms with E-state index < -0.39 is 0 Å². The van der Waals surface area contributed by atoms with Gasteiger partial charge in [-0.25, -0.2) is 0 Å². The lowest BCUT2D eigenvalue weighted by Gasteiger charge is -2.27. The third-order valence-corrected chi connectivity index (χ3v) is 12.8. The molecule has 0 aliphatic heterocycles.